The Bertz CT molecular complexity index is 1150. The minimum atomic E-state index is -0.586. The van der Waals surface area contributed by atoms with Crippen LogP contribution in [0.3, 0.4) is 0 Å². The van der Waals surface area contributed by atoms with E-state index in [4.69, 9.17) is 21.1 Å². The second-order valence-corrected chi connectivity index (χ2v) is 7.77. The summed E-state index contributed by atoms with van der Waals surface area (Å²) in [7, 11) is 1.51. The highest BCUT2D eigenvalue weighted by molar-refractivity contribution is 6.32. The number of halogens is 2. The molecule has 0 radical (unpaired) electrons. The molecule has 0 atom stereocenters. The fraction of sp³-hybridized carbons (Fsp3) is 0.273. The molecule has 1 aromatic heterocycles. The molecule has 0 saturated carbocycles. The summed E-state index contributed by atoms with van der Waals surface area (Å²) in [5, 5.41) is 14.1. The van der Waals surface area contributed by atoms with Crippen molar-refractivity contribution in [1.82, 2.24) is 20.2 Å². The second kappa shape index (κ2) is 10.2. The van der Waals surface area contributed by atoms with Gasteiger partial charge in [0.05, 0.1) is 30.1 Å². The van der Waals surface area contributed by atoms with Crippen molar-refractivity contribution in [2.24, 2.45) is 5.92 Å². The highest BCUT2D eigenvalue weighted by Crippen LogP contribution is 2.37. The van der Waals surface area contributed by atoms with Crippen LogP contribution in [0, 0.1) is 18.7 Å². The number of methoxy groups -OCH3 is 1. The van der Waals surface area contributed by atoms with Gasteiger partial charge >= 0.3 is 0 Å². The van der Waals surface area contributed by atoms with Crippen LogP contribution in [0.15, 0.2) is 36.4 Å². The summed E-state index contributed by atoms with van der Waals surface area (Å²) in [5.74, 6) is 0.639. The summed E-state index contributed by atoms with van der Waals surface area (Å²) in [6.07, 6.45) is 2.82. The molecule has 0 spiro atoms. The lowest BCUT2D eigenvalue weighted by molar-refractivity contribution is -0.111. The van der Waals surface area contributed by atoms with Gasteiger partial charge in [0.1, 0.15) is 5.82 Å². The molecular formula is C22H23ClFN5O3. The fourth-order valence-electron chi connectivity index (χ4n) is 2.78. The Morgan fingerprint density at radius 3 is 2.75 bits per heavy atom. The zero-order valence-corrected chi connectivity index (χ0v) is 18.9. The SMILES string of the molecule is COc1cc(/C=C/C(=O)Nc2cc(-n3nnnc3C)ccc2F)cc(Cl)c1OCC(C)C. The lowest BCUT2D eigenvalue weighted by Gasteiger charge is -2.14. The largest absolute Gasteiger partial charge is 0.493 e. The first-order chi connectivity index (χ1) is 15.3. The van der Waals surface area contributed by atoms with E-state index in [1.165, 1.54) is 36.1 Å². The van der Waals surface area contributed by atoms with Crippen LogP contribution in [0.4, 0.5) is 10.1 Å². The van der Waals surface area contributed by atoms with Crippen molar-refractivity contribution in [3.05, 3.63) is 58.6 Å². The van der Waals surface area contributed by atoms with Gasteiger partial charge in [-0.25, -0.2) is 4.39 Å². The first-order valence-corrected chi connectivity index (χ1v) is 10.2. The van der Waals surface area contributed by atoms with Crippen molar-refractivity contribution in [1.29, 1.82) is 0 Å². The van der Waals surface area contributed by atoms with Crippen LogP contribution in [0.25, 0.3) is 11.8 Å². The number of aromatic nitrogens is 4. The number of nitrogens with zero attached hydrogens (tertiary/aromatic N) is 4. The highest BCUT2D eigenvalue weighted by Gasteiger charge is 2.13. The minimum Gasteiger partial charge on any atom is -0.493 e. The molecule has 0 saturated heterocycles. The van der Waals surface area contributed by atoms with Gasteiger partial charge in [0.25, 0.3) is 0 Å². The zero-order valence-electron chi connectivity index (χ0n) is 18.1. The van der Waals surface area contributed by atoms with Crippen molar-refractivity contribution >= 4 is 29.3 Å². The molecule has 2 aromatic carbocycles. The van der Waals surface area contributed by atoms with Crippen molar-refractivity contribution in [3.63, 3.8) is 0 Å². The van der Waals surface area contributed by atoms with Crippen molar-refractivity contribution in [2.75, 3.05) is 19.0 Å². The lowest BCUT2D eigenvalue weighted by atomic mass is 10.1. The van der Waals surface area contributed by atoms with E-state index in [1.54, 1.807) is 25.1 Å². The molecule has 1 heterocycles. The summed E-state index contributed by atoms with van der Waals surface area (Å²) in [6, 6.07) is 7.56. The number of amides is 1. The molecule has 168 valence electrons. The van der Waals surface area contributed by atoms with E-state index < -0.39 is 11.7 Å². The standard InChI is InChI=1S/C22H23ClFN5O3/c1-13(2)12-32-22-17(23)9-15(10-20(22)31-4)5-8-21(30)25-19-11-16(6-7-18(19)24)29-14(3)26-27-28-29/h5-11,13H,12H2,1-4H3,(H,25,30)/b8-5+. The van der Waals surface area contributed by atoms with Gasteiger partial charge in [0.2, 0.25) is 5.91 Å². The van der Waals surface area contributed by atoms with Gasteiger partial charge in [-0.1, -0.05) is 25.4 Å². The number of tetrazole rings is 1. The molecule has 8 nitrogen and oxygen atoms in total. The Morgan fingerprint density at radius 2 is 2.09 bits per heavy atom. The average molecular weight is 460 g/mol. The van der Waals surface area contributed by atoms with E-state index in [2.05, 4.69) is 20.8 Å². The molecule has 0 unspecified atom stereocenters. The molecular weight excluding hydrogens is 437 g/mol. The molecule has 0 aliphatic heterocycles. The molecule has 1 amide bonds. The minimum absolute atomic E-state index is 0.0000892. The number of carbonyl (C=O) groups excluding carboxylic acids is 1. The maximum Gasteiger partial charge on any atom is 0.248 e. The number of benzene rings is 2. The van der Waals surface area contributed by atoms with E-state index in [-0.39, 0.29) is 5.69 Å². The lowest BCUT2D eigenvalue weighted by Crippen LogP contribution is -2.10. The molecule has 3 aromatic rings. The molecule has 0 bridgehead atoms. The first kappa shape index (κ1) is 23.2. The van der Waals surface area contributed by atoms with Crippen LogP contribution in [-0.2, 0) is 4.79 Å². The maximum absolute atomic E-state index is 14.2. The second-order valence-electron chi connectivity index (χ2n) is 7.36. The Morgan fingerprint density at radius 1 is 1.31 bits per heavy atom. The number of nitrogens with one attached hydrogen (secondary N) is 1. The first-order valence-electron chi connectivity index (χ1n) is 9.82. The predicted molar refractivity (Wildman–Crippen MR) is 120 cm³/mol. The summed E-state index contributed by atoms with van der Waals surface area (Å²) in [6.45, 7) is 6.25. The van der Waals surface area contributed by atoms with E-state index in [0.29, 0.717) is 46.1 Å². The van der Waals surface area contributed by atoms with Crippen LogP contribution >= 0.6 is 11.6 Å². The number of ether oxygens (including phenoxy) is 2. The summed E-state index contributed by atoms with van der Waals surface area (Å²) >= 11 is 6.33. The van der Waals surface area contributed by atoms with Gasteiger partial charge in [-0.15, -0.1) is 5.10 Å². The van der Waals surface area contributed by atoms with Crippen LogP contribution in [-0.4, -0.2) is 39.8 Å². The van der Waals surface area contributed by atoms with Crippen molar-refractivity contribution < 1.29 is 18.7 Å². The number of anilines is 1. The maximum atomic E-state index is 14.2. The zero-order chi connectivity index (χ0) is 23.3. The highest BCUT2D eigenvalue weighted by atomic mass is 35.5. The summed E-state index contributed by atoms with van der Waals surface area (Å²) < 4.78 is 26.7. The van der Waals surface area contributed by atoms with E-state index >= 15 is 0 Å². The van der Waals surface area contributed by atoms with Gasteiger partial charge in [0, 0.05) is 6.08 Å². The molecule has 3 rings (SSSR count). The summed E-state index contributed by atoms with van der Waals surface area (Å²) in [4.78, 5) is 12.4. The normalized spacial score (nSPS) is 11.2. The van der Waals surface area contributed by atoms with Gasteiger partial charge in [-0.3, -0.25) is 4.79 Å². The number of rotatable bonds is 8. The third-order valence-corrected chi connectivity index (χ3v) is 4.60. The Balaban J connectivity index is 1.76. The molecule has 1 N–H and O–H groups in total. The molecule has 10 heteroatoms. The quantitative estimate of drug-likeness (QED) is 0.500. The van der Waals surface area contributed by atoms with Gasteiger partial charge in [-0.2, -0.15) is 4.68 Å². The third-order valence-electron chi connectivity index (χ3n) is 4.32. The van der Waals surface area contributed by atoms with E-state index in [0.717, 1.165) is 0 Å². The Hall–Kier alpha value is -3.46. The third kappa shape index (κ3) is 5.61. The number of aryl methyl sites for hydroxylation is 1. The van der Waals surface area contributed by atoms with Crippen LogP contribution in [0.1, 0.15) is 25.2 Å². The smallest absolute Gasteiger partial charge is 0.248 e. The van der Waals surface area contributed by atoms with Crippen LogP contribution in [0.5, 0.6) is 11.5 Å². The van der Waals surface area contributed by atoms with Crippen LogP contribution in [0.2, 0.25) is 5.02 Å². The van der Waals surface area contributed by atoms with E-state index in [1.807, 2.05) is 13.8 Å². The molecule has 0 fully saturated rings. The van der Waals surface area contributed by atoms with Crippen molar-refractivity contribution in [2.45, 2.75) is 20.8 Å². The Labute approximate surface area is 190 Å². The number of hydrogen-bond acceptors (Lipinski definition) is 6. The predicted octanol–water partition coefficient (Wildman–Crippen LogP) is 4.46. The molecule has 0 aliphatic rings. The monoisotopic (exact) mass is 459 g/mol. The van der Waals surface area contributed by atoms with Gasteiger partial charge in [0.15, 0.2) is 17.3 Å². The fourth-order valence-corrected chi connectivity index (χ4v) is 3.06. The topological polar surface area (TPSA) is 91.2 Å². The average Bonchev–Trinajstić information content (AvgIpc) is 3.18. The summed E-state index contributed by atoms with van der Waals surface area (Å²) in [5.41, 5.74) is 1.14. The molecule has 32 heavy (non-hydrogen) atoms. The van der Waals surface area contributed by atoms with Gasteiger partial charge < -0.3 is 14.8 Å². The molecule has 0 aliphatic carbocycles. The number of carbonyl (C=O) groups is 1. The van der Waals surface area contributed by atoms with Gasteiger partial charge in [-0.05, 0) is 65.2 Å². The Kier molecular flexibility index (Phi) is 7.42. The van der Waals surface area contributed by atoms with E-state index in [9.17, 15) is 9.18 Å². The van der Waals surface area contributed by atoms with Crippen molar-refractivity contribution in [3.8, 4) is 17.2 Å². The number of hydrogen-bond donors (Lipinski definition) is 1. The van der Waals surface area contributed by atoms with Crippen LogP contribution < -0.4 is 14.8 Å².